The van der Waals surface area contributed by atoms with E-state index in [0.29, 0.717) is 17.1 Å². The first-order valence-corrected chi connectivity index (χ1v) is 9.75. The van der Waals surface area contributed by atoms with Crippen LogP contribution < -0.4 is 15.4 Å². The summed E-state index contributed by atoms with van der Waals surface area (Å²) in [7, 11) is 3.28. The number of halogens is 2. The lowest BCUT2D eigenvalue weighted by molar-refractivity contribution is -0.119. The fourth-order valence-corrected chi connectivity index (χ4v) is 4.06. The van der Waals surface area contributed by atoms with Crippen molar-refractivity contribution in [2.24, 2.45) is 0 Å². The Labute approximate surface area is 175 Å². The predicted octanol–water partition coefficient (Wildman–Crippen LogP) is 4.04. The smallest absolute Gasteiger partial charge is 0.238 e. The van der Waals surface area contributed by atoms with Crippen LogP contribution in [0.5, 0.6) is 5.75 Å². The SMILES string of the molecule is COc1cccc(NC(=O)CN(C)CC(=O)Nc2c(Br)cc(C)cc2Br)c1. The molecule has 144 valence electrons. The van der Waals surface area contributed by atoms with E-state index in [4.69, 9.17) is 4.74 Å². The van der Waals surface area contributed by atoms with Gasteiger partial charge in [-0.05, 0) is 75.7 Å². The second-order valence-corrected chi connectivity index (χ2v) is 7.81. The van der Waals surface area contributed by atoms with Crippen molar-refractivity contribution in [3.8, 4) is 5.75 Å². The van der Waals surface area contributed by atoms with Crippen molar-refractivity contribution >= 4 is 55.0 Å². The van der Waals surface area contributed by atoms with Crippen molar-refractivity contribution in [2.75, 3.05) is 37.9 Å². The molecule has 0 aliphatic rings. The van der Waals surface area contributed by atoms with Crippen molar-refractivity contribution < 1.29 is 14.3 Å². The minimum Gasteiger partial charge on any atom is -0.497 e. The Morgan fingerprint density at radius 2 is 1.63 bits per heavy atom. The number of anilines is 2. The van der Waals surface area contributed by atoms with Crippen molar-refractivity contribution in [1.29, 1.82) is 0 Å². The van der Waals surface area contributed by atoms with Gasteiger partial charge in [0.25, 0.3) is 0 Å². The Morgan fingerprint density at radius 3 is 2.22 bits per heavy atom. The third kappa shape index (κ3) is 6.64. The Bertz CT molecular complexity index is 820. The number of ether oxygens (including phenoxy) is 1. The normalized spacial score (nSPS) is 10.6. The highest BCUT2D eigenvalue weighted by Gasteiger charge is 2.14. The molecule has 0 aromatic heterocycles. The molecule has 2 rings (SSSR count). The highest BCUT2D eigenvalue weighted by molar-refractivity contribution is 9.11. The molecule has 27 heavy (non-hydrogen) atoms. The van der Waals surface area contributed by atoms with E-state index in [1.165, 1.54) is 0 Å². The van der Waals surface area contributed by atoms with E-state index >= 15 is 0 Å². The Balaban J connectivity index is 1.88. The summed E-state index contributed by atoms with van der Waals surface area (Å²) in [6, 6.07) is 10.9. The van der Waals surface area contributed by atoms with E-state index in [1.54, 1.807) is 43.3 Å². The molecule has 2 N–H and O–H groups in total. The number of methoxy groups -OCH3 is 1. The zero-order chi connectivity index (χ0) is 20.0. The first-order valence-electron chi connectivity index (χ1n) is 8.16. The van der Waals surface area contributed by atoms with Gasteiger partial charge in [-0.25, -0.2) is 0 Å². The van der Waals surface area contributed by atoms with Crippen LogP contribution in [0.3, 0.4) is 0 Å². The van der Waals surface area contributed by atoms with Crippen LogP contribution in [-0.4, -0.2) is 44.0 Å². The van der Waals surface area contributed by atoms with E-state index in [0.717, 1.165) is 14.5 Å². The van der Waals surface area contributed by atoms with Crippen molar-refractivity contribution in [2.45, 2.75) is 6.92 Å². The van der Waals surface area contributed by atoms with Crippen LogP contribution in [0.2, 0.25) is 0 Å². The first kappa shape index (κ1) is 21.4. The maximum absolute atomic E-state index is 12.3. The molecule has 0 radical (unpaired) electrons. The van der Waals surface area contributed by atoms with Gasteiger partial charge in [-0.3, -0.25) is 14.5 Å². The van der Waals surface area contributed by atoms with Crippen LogP contribution in [0.1, 0.15) is 5.56 Å². The van der Waals surface area contributed by atoms with Gasteiger partial charge >= 0.3 is 0 Å². The minimum atomic E-state index is -0.212. The highest BCUT2D eigenvalue weighted by Crippen LogP contribution is 2.32. The number of likely N-dealkylation sites (N-methyl/N-ethyl adjacent to an activating group) is 1. The molecular weight excluding hydrogens is 478 g/mol. The molecule has 2 aromatic carbocycles. The van der Waals surface area contributed by atoms with Crippen molar-refractivity contribution in [1.82, 2.24) is 4.90 Å². The second-order valence-electron chi connectivity index (χ2n) is 6.10. The van der Waals surface area contributed by atoms with E-state index in [1.807, 2.05) is 19.1 Å². The van der Waals surface area contributed by atoms with Crippen LogP contribution >= 0.6 is 31.9 Å². The van der Waals surface area contributed by atoms with Gasteiger partial charge in [-0.2, -0.15) is 0 Å². The molecule has 0 unspecified atom stereocenters. The van der Waals surface area contributed by atoms with Gasteiger partial charge in [0.15, 0.2) is 0 Å². The van der Waals surface area contributed by atoms with Crippen LogP contribution in [0.25, 0.3) is 0 Å². The fourth-order valence-electron chi connectivity index (χ4n) is 2.45. The van der Waals surface area contributed by atoms with E-state index in [2.05, 4.69) is 42.5 Å². The van der Waals surface area contributed by atoms with Gasteiger partial charge in [0, 0.05) is 20.7 Å². The predicted molar refractivity (Wildman–Crippen MR) is 114 cm³/mol. The molecule has 0 atom stereocenters. The third-order valence-corrected chi connectivity index (χ3v) is 4.88. The highest BCUT2D eigenvalue weighted by atomic mass is 79.9. The number of carbonyl (C=O) groups is 2. The summed E-state index contributed by atoms with van der Waals surface area (Å²) in [5.74, 6) is 0.239. The molecule has 0 saturated heterocycles. The number of nitrogens with one attached hydrogen (secondary N) is 2. The molecule has 0 saturated carbocycles. The topological polar surface area (TPSA) is 70.7 Å². The largest absolute Gasteiger partial charge is 0.497 e. The summed E-state index contributed by atoms with van der Waals surface area (Å²) in [5.41, 5.74) is 2.38. The van der Waals surface area contributed by atoms with Crippen LogP contribution in [-0.2, 0) is 9.59 Å². The zero-order valence-electron chi connectivity index (χ0n) is 15.3. The lowest BCUT2D eigenvalue weighted by atomic mass is 10.2. The monoisotopic (exact) mass is 497 g/mol. The number of aryl methyl sites for hydroxylation is 1. The molecule has 0 bridgehead atoms. The quantitative estimate of drug-likeness (QED) is 0.604. The Hall–Kier alpha value is -1.90. The number of carbonyl (C=O) groups excluding carboxylic acids is 2. The molecule has 0 aliphatic heterocycles. The molecule has 0 spiro atoms. The van der Waals surface area contributed by atoms with Crippen LogP contribution in [0, 0.1) is 6.92 Å². The average molecular weight is 499 g/mol. The first-order chi connectivity index (χ1) is 12.8. The van der Waals surface area contributed by atoms with Crippen LogP contribution in [0.15, 0.2) is 45.3 Å². The van der Waals surface area contributed by atoms with Gasteiger partial charge in [-0.15, -0.1) is 0 Å². The summed E-state index contributed by atoms with van der Waals surface area (Å²) in [4.78, 5) is 26.1. The Kier molecular flexibility index (Phi) is 7.82. The maximum atomic E-state index is 12.3. The summed E-state index contributed by atoms with van der Waals surface area (Å²) >= 11 is 6.90. The van der Waals surface area contributed by atoms with Crippen LogP contribution in [0.4, 0.5) is 11.4 Å². The molecule has 6 nitrogen and oxygen atoms in total. The third-order valence-electron chi connectivity index (χ3n) is 3.63. The lowest BCUT2D eigenvalue weighted by Gasteiger charge is -2.17. The average Bonchev–Trinajstić information content (AvgIpc) is 2.57. The van der Waals surface area contributed by atoms with E-state index in [9.17, 15) is 9.59 Å². The van der Waals surface area contributed by atoms with Crippen molar-refractivity contribution in [3.05, 3.63) is 50.9 Å². The molecule has 0 fully saturated rings. The fraction of sp³-hybridized carbons (Fsp3) is 0.263. The number of hydrogen-bond donors (Lipinski definition) is 2. The van der Waals surface area contributed by atoms with Crippen molar-refractivity contribution in [3.63, 3.8) is 0 Å². The Morgan fingerprint density at radius 1 is 1.04 bits per heavy atom. The molecule has 2 amide bonds. The summed E-state index contributed by atoms with van der Waals surface area (Å²) < 4.78 is 6.72. The van der Waals surface area contributed by atoms with E-state index < -0.39 is 0 Å². The van der Waals surface area contributed by atoms with Gasteiger partial charge in [0.2, 0.25) is 11.8 Å². The summed E-state index contributed by atoms with van der Waals surface area (Å²) in [5, 5.41) is 5.64. The maximum Gasteiger partial charge on any atom is 0.238 e. The lowest BCUT2D eigenvalue weighted by Crippen LogP contribution is -2.36. The van der Waals surface area contributed by atoms with Gasteiger partial charge in [0.05, 0.1) is 25.9 Å². The summed E-state index contributed by atoms with van der Waals surface area (Å²) in [6.45, 7) is 2.13. The number of amides is 2. The minimum absolute atomic E-state index is 0.0816. The number of hydrogen-bond acceptors (Lipinski definition) is 4. The molecule has 2 aromatic rings. The number of benzene rings is 2. The number of nitrogens with zero attached hydrogens (tertiary/aromatic N) is 1. The molecular formula is C19H21Br2N3O3. The number of rotatable bonds is 7. The van der Waals surface area contributed by atoms with E-state index in [-0.39, 0.29) is 24.9 Å². The molecule has 8 heteroatoms. The molecule has 0 aliphatic carbocycles. The molecule has 0 heterocycles. The van der Waals surface area contributed by atoms with Gasteiger partial charge < -0.3 is 15.4 Å². The zero-order valence-corrected chi connectivity index (χ0v) is 18.5. The summed E-state index contributed by atoms with van der Waals surface area (Å²) in [6.07, 6.45) is 0. The van der Waals surface area contributed by atoms with Gasteiger partial charge in [-0.1, -0.05) is 6.07 Å². The second kappa shape index (κ2) is 9.87. The standard InChI is InChI=1S/C19H21Br2N3O3/c1-12-7-15(20)19(16(21)8-12)23-18(26)11-24(2)10-17(25)22-13-5-4-6-14(9-13)27-3/h4-9H,10-11H2,1-3H3,(H,22,25)(H,23,26). The van der Waals surface area contributed by atoms with Gasteiger partial charge in [0.1, 0.15) is 5.75 Å².